The first-order chi connectivity index (χ1) is 9.10. The number of benzene rings is 2. The van der Waals surface area contributed by atoms with Crippen LogP contribution in [0, 0.1) is 6.92 Å². The largest absolute Gasteiger partial charge is 0.368 e. The zero-order valence-corrected chi connectivity index (χ0v) is 12.7. The van der Waals surface area contributed by atoms with Crippen LogP contribution in [0.2, 0.25) is 13.1 Å². The van der Waals surface area contributed by atoms with Crippen LogP contribution in [0.25, 0.3) is 10.9 Å². The highest BCUT2D eigenvalue weighted by molar-refractivity contribution is 6.89. The summed E-state index contributed by atoms with van der Waals surface area (Å²) in [5, 5.41) is 2.82. The maximum absolute atomic E-state index is 2.57. The third-order valence-electron chi connectivity index (χ3n) is 3.93. The second kappa shape index (κ2) is 4.39. The van der Waals surface area contributed by atoms with Gasteiger partial charge in [0.25, 0.3) is 0 Å². The molecule has 0 aliphatic carbocycles. The van der Waals surface area contributed by atoms with E-state index in [0.29, 0.717) is 0 Å². The number of rotatable bonds is 2. The van der Waals surface area contributed by atoms with Gasteiger partial charge in [-0.1, -0.05) is 48.5 Å². The first-order valence-electron chi connectivity index (χ1n) is 6.74. The van der Waals surface area contributed by atoms with E-state index in [2.05, 4.69) is 84.9 Å². The molecule has 0 atom stereocenters. The van der Waals surface area contributed by atoms with E-state index in [1.165, 1.54) is 21.8 Å². The molecule has 0 spiro atoms. The van der Waals surface area contributed by atoms with Crippen LogP contribution in [-0.4, -0.2) is 12.5 Å². The van der Waals surface area contributed by atoms with Crippen LogP contribution in [0.3, 0.4) is 0 Å². The number of aromatic nitrogens is 1. The van der Waals surface area contributed by atoms with E-state index in [0.717, 1.165) is 0 Å². The highest BCUT2D eigenvalue weighted by atomic mass is 28.3. The van der Waals surface area contributed by atoms with Crippen LogP contribution in [0.1, 0.15) is 5.69 Å². The van der Waals surface area contributed by atoms with Gasteiger partial charge in [-0.3, -0.25) is 0 Å². The number of hydrogen-bond acceptors (Lipinski definition) is 0. The number of fused-ring (bicyclic) bond motifs is 1. The summed E-state index contributed by atoms with van der Waals surface area (Å²) in [5.74, 6) is 0. The summed E-state index contributed by atoms with van der Waals surface area (Å²) >= 11 is 0. The third kappa shape index (κ3) is 1.92. The van der Waals surface area contributed by atoms with Crippen LogP contribution < -0.4 is 5.19 Å². The van der Waals surface area contributed by atoms with Gasteiger partial charge in [-0.2, -0.15) is 0 Å². The van der Waals surface area contributed by atoms with E-state index in [-0.39, 0.29) is 0 Å². The van der Waals surface area contributed by atoms with Crippen molar-refractivity contribution < 1.29 is 0 Å². The van der Waals surface area contributed by atoms with E-state index in [9.17, 15) is 0 Å². The van der Waals surface area contributed by atoms with Gasteiger partial charge in [-0.05, 0) is 42.7 Å². The molecule has 1 heterocycles. The average molecular weight is 265 g/mol. The van der Waals surface area contributed by atoms with Crippen molar-refractivity contribution in [3.05, 3.63) is 66.4 Å². The molecule has 2 heteroatoms. The minimum absolute atomic E-state index is 1.34. The highest BCUT2D eigenvalue weighted by Crippen LogP contribution is 2.23. The minimum Gasteiger partial charge on any atom is -0.368 e. The molecule has 0 bridgehead atoms. The lowest BCUT2D eigenvalue weighted by atomic mass is 10.2. The van der Waals surface area contributed by atoms with E-state index >= 15 is 0 Å². The Morgan fingerprint density at radius 1 is 0.842 bits per heavy atom. The van der Waals surface area contributed by atoms with E-state index in [1.54, 1.807) is 0 Å². The zero-order valence-electron chi connectivity index (χ0n) is 11.7. The molecule has 1 nitrogen and oxygen atoms in total. The fourth-order valence-corrected chi connectivity index (χ4v) is 6.03. The van der Waals surface area contributed by atoms with Crippen LogP contribution in [-0.2, 0) is 0 Å². The van der Waals surface area contributed by atoms with Gasteiger partial charge in [0, 0.05) is 11.2 Å². The topological polar surface area (TPSA) is 4.93 Å². The lowest BCUT2D eigenvalue weighted by Gasteiger charge is -2.28. The Hall–Kier alpha value is -1.80. The predicted octanol–water partition coefficient (Wildman–Crippen LogP) is 3.91. The van der Waals surface area contributed by atoms with Crippen molar-refractivity contribution in [1.82, 2.24) is 4.23 Å². The van der Waals surface area contributed by atoms with Crippen LogP contribution in [0.15, 0.2) is 60.7 Å². The Bertz CT molecular complexity index is 710. The Morgan fingerprint density at radius 3 is 2.21 bits per heavy atom. The molecule has 0 aliphatic rings. The predicted molar refractivity (Wildman–Crippen MR) is 85.6 cm³/mol. The van der Waals surface area contributed by atoms with E-state index in [1.807, 2.05) is 0 Å². The zero-order chi connectivity index (χ0) is 13.5. The van der Waals surface area contributed by atoms with Gasteiger partial charge in [0.2, 0.25) is 0 Å². The van der Waals surface area contributed by atoms with Gasteiger partial charge in [0.1, 0.15) is 0 Å². The van der Waals surface area contributed by atoms with Crippen molar-refractivity contribution in [3.8, 4) is 0 Å². The smallest absolute Gasteiger partial charge is 0.187 e. The Morgan fingerprint density at radius 2 is 1.47 bits per heavy atom. The molecule has 0 saturated heterocycles. The molecule has 2 aromatic carbocycles. The monoisotopic (exact) mass is 265 g/mol. The van der Waals surface area contributed by atoms with Gasteiger partial charge >= 0.3 is 0 Å². The van der Waals surface area contributed by atoms with Crippen molar-refractivity contribution >= 4 is 24.3 Å². The molecule has 0 N–H and O–H groups in total. The molecular weight excluding hydrogens is 246 g/mol. The number of aryl methyl sites for hydroxylation is 1. The fourth-order valence-electron chi connectivity index (χ4n) is 3.01. The summed E-state index contributed by atoms with van der Waals surface area (Å²) in [6.45, 7) is 7.06. The molecule has 0 amide bonds. The number of nitrogens with zero attached hydrogens (tertiary/aromatic N) is 1. The normalized spacial score (nSPS) is 11.9. The number of para-hydroxylation sites is 1. The van der Waals surface area contributed by atoms with Crippen LogP contribution in [0.5, 0.6) is 0 Å². The van der Waals surface area contributed by atoms with E-state index < -0.39 is 8.24 Å². The summed E-state index contributed by atoms with van der Waals surface area (Å²) in [4.78, 5) is 0. The molecule has 0 unspecified atom stereocenters. The summed E-state index contributed by atoms with van der Waals surface area (Å²) in [7, 11) is -1.70. The molecule has 0 radical (unpaired) electrons. The number of hydrogen-bond donors (Lipinski definition) is 0. The van der Waals surface area contributed by atoms with Crippen molar-refractivity contribution in [2.24, 2.45) is 0 Å². The summed E-state index contributed by atoms with van der Waals surface area (Å²) < 4.78 is 2.57. The lowest BCUT2D eigenvalue weighted by molar-refractivity contribution is 1.13. The van der Waals surface area contributed by atoms with Crippen LogP contribution in [0.4, 0.5) is 0 Å². The van der Waals surface area contributed by atoms with Crippen LogP contribution >= 0.6 is 0 Å². The Kier molecular flexibility index (Phi) is 2.83. The van der Waals surface area contributed by atoms with Crippen molar-refractivity contribution in [3.63, 3.8) is 0 Å². The molecule has 3 rings (SSSR count). The first kappa shape index (κ1) is 12.2. The van der Waals surface area contributed by atoms with Gasteiger partial charge in [-0.15, -0.1) is 0 Å². The first-order valence-corrected chi connectivity index (χ1v) is 9.68. The van der Waals surface area contributed by atoms with Gasteiger partial charge in [-0.25, -0.2) is 0 Å². The van der Waals surface area contributed by atoms with Crippen molar-refractivity contribution in [1.29, 1.82) is 0 Å². The maximum atomic E-state index is 2.57. The third-order valence-corrected chi connectivity index (χ3v) is 7.39. The molecule has 0 aliphatic heterocycles. The van der Waals surface area contributed by atoms with Crippen molar-refractivity contribution in [2.45, 2.75) is 20.0 Å². The minimum atomic E-state index is -1.70. The SMILES string of the molecule is Cc1cc2ccccc2n1[Si](C)(C)c1ccccc1. The maximum Gasteiger partial charge on any atom is 0.187 e. The summed E-state index contributed by atoms with van der Waals surface area (Å²) in [6.07, 6.45) is 0. The molecule has 0 saturated carbocycles. The molecule has 1 aromatic heterocycles. The lowest BCUT2D eigenvalue weighted by Crippen LogP contribution is -2.49. The van der Waals surface area contributed by atoms with Gasteiger partial charge in [0.15, 0.2) is 8.24 Å². The standard InChI is InChI=1S/C17H19NSi/c1-14-13-15-9-7-8-12-17(15)18(14)19(2,3)16-10-5-4-6-11-16/h4-13H,1-3H3. The summed E-state index contributed by atoms with van der Waals surface area (Å²) in [6, 6.07) is 21.9. The summed E-state index contributed by atoms with van der Waals surface area (Å²) in [5.41, 5.74) is 2.72. The Labute approximate surface area is 115 Å². The van der Waals surface area contributed by atoms with Gasteiger partial charge < -0.3 is 4.23 Å². The quantitative estimate of drug-likeness (QED) is 0.619. The Balaban J connectivity index is 2.27. The molecular formula is C17H19NSi. The van der Waals surface area contributed by atoms with Gasteiger partial charge in [0.05, 0.1) is 0 Å². The van der Waals surface area contributed by atoms with Crippen molar-refractivity contribution in [2.75, 3.05) is 0 Å². The molecule has 3 aromatic rings. The highest BCUT2D eigenvalue weighted by Gasteiger charge is 2.28. The fraction of sp³-hybridized carbons (Fsp3) is 0.176. The molecule has 96 valence electrons. The second-order valence-corrected chi connectivity index (χ2v) is 9.75. The molecule has 0 fully saturated rings. The molecule has 19 heavy (non-hydrogen) atoms. The average Bonchev–Trinajstić information content (AvgIpc) is 2.76. The van der Waals surface area contributed by atoms with E-state index in [4.69, 9.17) is 0 Å². The second-order valence-electron chi connectivity index (χ2n) is 5.60.